The molecule has 0 radical (unpaired) electrons. The van der Waals surface area contributed by atoms with E-state index in [1.54, 1.807) is 0 Å². The first-order valence-electron chi connectivity index (χ1n) is 6.30. The zero-order valence-electron chi connectivity index (χ0n) is 11.0. The number of hydrazine groups is 1. The Morgan fingerprint density at radius 2 is 1.95 bits per heavy atom. The van der Waals surface area contributed by atoms with E-state index in [1.165, 1.54) is 0 Å². The van der Waals surface area contributed by atoms with Crippen molar-refractivity contribution < 1.29 is 28.7 Å². The van der Waals surface area contributed by atoms with E-state index in [2.05, 4.69) is 5.43 Å². The molecule has 0 saturated carbocycles. The highest BCUT2D eigenvalue weighted by atomic mass is 16.5. The molecule has 2 aliphatic heterocycles. The molecule has 2 rings (SSSR count). The summed E-state index contributed by atoms with van der Waals surface area (Å²) in [5.74, 6) is -2.65. The van der Waals surface area contributed by atoms with Gasteiger partial charge in [-0.3, -0.25) is 29.3 Å². The Morgan fingerprint density at radius 3 is 2.52 bits per heavy atom. The van der Waals surface area contributed by atoms with E-state index < -0.39 is 35.7 Å². The quantitative estimate of drug-likeness (QED) is 0.335. The molecule has 4 amide bonds. The Hall–Kier alpha value is -2.55. The lowest BCUT2D eigenvalue weighted by Gasteiger charge is -2.14. The van der Waals surface area contributed by atoms with Gasteiger partial charge < -0.3 is 4.74 Å². The number of carbonyl (C=O) groups excluding carboxylic acids is 5. The van der Waals surface area contributed by atoms with Crippen LogP contribution < -0.4 is 10.7 Å². The standard InChI is InChI=1S/C12H13N3O6/c16-8-6-7(12(20)14-8)21-11(19)2-1-5-13-15-9(17)3-4-10(15)18/h3-4,7,13H,1-2,5-6H2,(H,14,16,20). The summed E-state index contributed by atoms with van der Waals surface area (Å²) < 4.78 is 4.85. The van der Waals surface area contributed by atoms with Crippen LogP contribution in [0, 0.1) is 0 Å². The van der Waals surface area contributed by atoms with Gasteiger partial charge in [0.05, 0.1) is 6.42 Å². The van der Waals surface area contributed by atoms with Crippen LogP contribution in [0.15, 0.2) is 12.2 Å². The van der Waals surface area contributed by atoms with Gasteiger partial charge in [0.15, 0.2) is 6.10 Å². The lowest BCUT2D eigenvalue weighted by molar-refractivity contribution is -0.154. The first-order chi connectivity index (χ1) is 9.97. The number of carbonyl (C=O) groups is 5. The van der Waals surface area contributed by atoms with Gasteiger partial charge in [-0.15, -0.1) is 0 Å². The normalized spacial score (nSPS) is 21.1. The number of amides is 4. The fourth-order valence-electron chi connectivity index (χ4n) is 1.82. The molecule has 1 atom stereocenters. The molecule has 2 N–H and O–H groups in total. The molecule has 0 aromatic carbocycles. The smallest absolute Gasteiger partial charge is 0.306 e. The molecular formula is C12H13N3O6. The van der Waals surface area contributed by atoms with E-state index in [-0.39, 0.29) is 19.4 Å². The molecular weight excluding hydrogens is 282 g/mol. The number of hydrogen-bond donors (Lipinski definition) is 2. The third-order valence-electron chi connectivity index (χ3n) is 2.84. The van der Waals surface area contributed by atoms with Gasteiger partial charge in [-0.2, -0.15) is 0 Å². The van der Waals surface area contributed by atoms with E-state index in [1.807, 2.05) is 5.32 Å². The zero-order chi connectivity index (χ0) is 15.4. The summed E-state index contributed by atoms with van der Waals surface area (Å²) in [6.45, 7) is 0.212. The zero-order valence-corrected chi connectivity index (χ0v) is 11.0. The van der Waals surface area contributed by atoms with E-state index >= 15 is 0 Å². The Labute approximate surface area is 119 Å². The maximum atomic E-state index is 11.5. The number of nitrogens with one attached hydrogen (secondary N) is 2. The van der Waals surface area contributed by atoms with Gasteiger partial charge in [0, 0.05) is 25.1 Å². The minimum absolute atomic E-state index is 0.00534. The monoisotopic (exact) mass is 295 g/mol. The topological polar surface area (TPSA) is 122 Å². The summed E-state index contributed by atoms with van der Waals surface area (Å²) in [6.07, 6.45) is 1.35. The van der Waals surface area contributed by atoms with E-state index in [4.69, 9.17) is 4.74 Å². The average molecular weight is 295 g/mol. The predicted molar refractivity (Wildman–Crippen MR) is 65.9 cm³/mol. The lowest BCUT2D eigenvalue weighted by Crippen LogP contribution is -2.43. The van der Waals surface area contributed by atoms with Crippen molar-refractivity contribution in [3.63, 3.8) is 0 Å². The van der Waals surface area contributed by atoms with Gasteiger partial charge in [-0.25, -0.2) is 10.4 Å². The molecule has 1 saturated heterocycles. The maximum absolute atomic E-state index is 11.5. The van der Waals surface area contributed by atoms with Crippen LogP contribution in [0.1, 0.15) is 19.3 Å². The van der Waals surface area contributed by atoms with Gasteiger partial charge >= 0.3 is 5.97 Å². The summed E-state index contributed by atoms with van der Waals surface area (Å²) in [6, 6.07) is 0. The van der Waals surface area contributed by atoms with Crippen molar-refractivity contribution in [1.82, 2.24) is 15.8 Å². The summed E-state index contributed by atoms with van der Waals surface area (Å²) in [4.78, 5) is 56.0. The van der Waals surface area contributed by atoms with Crippen LogP contribution in [-0.4, -0.2) is 47.3 Å². The summed E-state index contributed by atoms with van der Waals surface area (Å²) in [7, 11) is 0. The molecule has 0 aliphatic carbocycles. The number of imide groups is 2. The number of rotatable bonds is 6. The van der Waals surface area contributed by atoms with Crippen molar-refractivity contribution in [2.75, 3.05) is 6.54 Å². The van der Waals surface area contributed by atoms with Gasteiger partial charge in [-0.05, 0) is 6.42 Å². The van der Waals surface area contributed by atoms with Crippen molar-refractivity contribution in [3.8, 4) is 0 Å². The molecule has 1 unspecified atom stereocenters. The van der Waals surface area contributed by atoms with Gasteiger partial charge in [0.2, 0.25) is 5.91 Å². The van der Waals surface area contributed by atoms with E-state index in [0.717, 1.165) is 17.2 Å². The number of nitrogens with zero attached hydrogens (tertiary/aromatic N) is 1. The number of ether oxygens (including phenoxy) is 1. The Balaban J connectivity index is 1.64. The average Bonchev–Trinajstić information content (AvgIpc) is 2.89. The molecule has 9 heteroatoms. The second-order valence-electron chi connectivity index (χ2n) is 4.45. The van der Waals surface area contributed by atoms with Crippen LogP contribution >= 0.6 is 0 Å². The molecule has 21 heavy (non-hydrogen) atoms. The molecule has 0 aromatic heterocycles. The fraction of sp³-hybridized carbons (Fsp3) is 0.417. The highest BCUT2D eigenvalue weighted by Gasteiger charge is 2.33. The summed E-state index contributed by atoms with van der Waals surface area (Å²) in [5.41, 5.74) is 2.58. The van der Waals surface area contributed by atoms with Crippen LogP contribution in [0.3, 0.4) is 0 Å². The fourth-order valence-corrected chi connectivity index (χ4v) is 1.82. The van der Waals surface area contributed by atoms with Crippen molar-refractivity contribution in [1.29, 1.82) is 0 Å². The number of esters is 1. The van der Waals surface area contributed by atoms with Crippen LogP contribution in [0.4, 0.5) is 0 Å². The minimum atomic E-state index is -1.07. The Bertz CT molecular complexity index is 523. The van der Waals surface area contributed by atoms with Gasteiger partial charge in [0.1, 0.15) is 0 Å². The molecule has 2 heterocycles. The van der Waals surface area contributed by atoms with Crippen molar-refractivity contribution in [2.24, 2.45) is 0 Å². The molecule has 0 aromatic rings. The lowest BCUT2D eigenvalue weighted by atomic mass is 10.3. The van der Waals surface area contributed by atoms with E-state index in [0.29, 0.717) is 6.42 Å². The highest BCUT2D eigenvalue weighted by molar-refractivity contribution is 6.12. The molecule has 0 bridgehead atoms. The molecule has 2 aliphatic rings. The summed E-state index contributed by atoms with van der Waals surface area (Å²) >= 11 is 0. The molecule has 9 nitrogen and oxygen atoms in total. The first kappa shape index (κ1) is 14.9. The third-order valence-corrected chi connectivity index (χ3v) is 2.84. The summed E-state index contributed by atoms with van der Waals surface area (Å²) in [5, 5.41) is 2.87. The van der Waals surface area contributed by atoms with Gasteiger partial charge in [0.25, 0.3) is 17.7 Å². The van der Waals surface area contributed by atoms with Crippen LogP contribution in [0.5, 0.6) is 0 Å². The van der Waals surface area contributed by atoms with Crippen LogP contribution in [0.2, 0.25) is 0 Å². The third kappa shape index (κ3) is 3.72. The van der Waals surface area contributed by atoms with E-state index in [9.17, 15) is 24.0 Å². The van der Waals surface area contributed by atoms with Crippen molar-refractivity contribution in [2.45, 2.75) is 25.4 Å². The minimum Gasteiger partial charge on any atom is -0.452 e. The Kier molecular flexibility index (Phi) is 4.43. The molecule has 112 valence electrons. The largest absolute Gasteiger partial charge is 0.452 e. The SMILES string of the molecule is O=C1CC(OC(=O)CCCNN2C(=O)C=CC2=O)C(=O)N1. The van der Waals surface area contributed by atoms with Crippen molar-refractivity contribution >= 4 is 29.6 Å². The second kappa shape index (κ2) is 6.27. The predicted octanol–water partition coefficient (Wildman–Crippen LogP) is -1.85. The van der Waals surface area contributed by atoms with Crippen LogP contribution in [-0.2, 0) is 28.7 Å². The highest BCUT2D eigenvalue weighted by Crippen LogP contribution is 2.08. The molecule has 0 spiro atoms. The van der Waals surface area contributed by atoms with Gasteiger partial charge in [-0.1, -0.05) is 0 Å². The van der Waals surface area contributed by atoms with Crippen LogP contribution in [0.25, 0.3) is 0 Å². The number of hydrogen-bond acceptors (Lipinski definition) is 7. The first-order valence-corrected chi connectivity index (χ1v) is 6.30. The molecule has 1 fully saturated rings. The Morgan fingerprint density at radius 1 is 1.29 bits per heavy atom. The van der Waals surface area contributed by atoms with Crippen molar-refractivity contribution in [3.05, 3.63) is 12.2 Å². The maximum Gasteiger partial charge on any atom is 0.306 e. The second-order valence-corrected chi connectivity index (χ2v) is 4.45.